The lowest BCUT2D eigenvalue weighted by atomic mass is 9.97. The van der Waals surface area contributed by atoms with Crippen LogP contribution in [0.25, 0.3) is 0 Å². The van der Waals surface area contributed by atoms with E-state index in [2.05, 4.69) is 29.1 Å². The number of nitrogens with one attached hydrogen (secondary N) is 1. The van der Waals surface area contributed by atoms with E-state index < -0.39 is 0 Å². The molecule has 0 bridgehead atoms. The minimum Gasteiger partial charge on any atom is -0.383 e. The lowest BCUT2D eigenvalue weighted by Crippen LogP contribution is -2.16. The molecule has 0 spiro atoms. The van der Waals surface area contributed by atoms with E-state index in [1.807, 2.05) is 24.3 Å². The second-order valence-corrected chi connectivity index (χ2v) is 6.18. The summed E-state index contributed by atoms with van der Waals surface area (Å²) in [6, 6.07) is 9.33. The van der Waals surface area contributed by atoms with Crippen molar-refractivity contribution >= 4 is 35.0 Å². The number of nitrogen functional groups attached to an aromatic ring is 2. The molecule has 1 aromatic carbocycles. The van der Waals surface area contributed by atoms with Crippen molar-refractivity contribution in [3.63, 3.8) is 0 Å². The normalized spacial score (nSPS) is 11.9. The van der Waals surface area contributed by atoms with Crippen molar-refractivity contribution in [2.75, 3.05) is 22.5 Å². The van der Waals surface area contributed by atoms with E-state index in [1.165, 1.54) is 17.8 Å². The van der Waals surface area contributed by atoms with Gasteiger partial charge < -0.3 is 16.8 Å². The van der Waals surface area contributed by atoms with Crippen molar-refractivity contribution < 1.29 is 4.79 Å². The lowest BCUT2D eigenvalue weighted by molar-refractivity contribution is -0.113. The Balaban J connectivity index is 2.00. The Hall–Kier alpha value is -2.28. The quantitative estimate of drug-likeness (QED) is 0.555. The molecule has 7 heteroatoms. The summed E-state index contributed by atoms with van der Waals surface area (Å²) in [7, 11) is 0. The number of nitrogens with zero attached hydrogens (tertiary/aromatic N) is 2. The summed E-state index contributed by atoms with van der Waals surface area (Å²) in [6.07, 6.45) is 1.01. The number of amides is 1. The number of nitrogens with two attached hydrogens (primary N) is 2. The summed E-state index contributed by atoms with van der Waals surface area (Å²) in [5.41, 5.74) is 13.2. The number of carbonyl (C=O) groups excluding carboxylic acids is 1. The van der Waals surface area contributed by atoms with Gasteiger partial charge in [0, 0.05) is 11.8 Å². The van der Waals surface area contributed by atoms with E-state index in [0.29, 0.717) is 22.7 Å². The Morgan fingerprint density at radius 3 is 2.57 bits per heavy atom. The third kappa shape index (κ3) is 4.85. The van der Waals surface area contributed by atoms with E-state index in [9.17, 15) is 4.79 Å². The van der Waals surface area contributed by atoms with Crippen molar-refractivity contribution in [3.05, 3.63) is 35.9 Å². The molecule has 1 unspecified atom stereocenters. The second kappa shape index (κ2) is 7.82. The van der Waals surface area contributed by atoms with Gasteiger partial charge in [0.2, 0.25) is 5.91 Å². The predicted molar refractivity (Wildman–Crippen MR) is 95.4 cm³/mol. The van der Waals surface area contributed by atoms with Gasteiger partial charge in [-0.25, -0.2) is 9.97 Å². The van der Waals surface area contributed by atoms with Gasteiger partial charge in [0.15, 0.2) is 5.16 Å². The molecule has 0 aliphatic carbocycles. The zero-order chi connectivity index (χ0) is 16.8. The van der Waals surface area contributed by atoms with Crippen LogP contribution in [0.15, 0.2) is 35.5 Å². The molecule has 0 aliphatic rings. The topological polar surface area (TPSA) is 107 Å². The SMILES string of the molecule is CCC(C)c1ccccc1NC(=O)CSc1nc(N)cc(N)n1. The summed E-state index contributed by atoms with van der Waals surface area (Å²) in [5, 5.41) is 3.34. The average molecular weight is 331 g/mol. The molecule has 0 aliphatic heterocycles. The van der Waals surface area contributed by atoms with Gasteiger partial charge in [0.1, 0.15) is 11.6 Å². The Labute approximate surface area is 140 Å². The fourth-order valence-electron chi connectivity index (χ4n) is 2.10. The van der Waals surface area contributed by atoms with Crippen LogP contribution in [0, 0.1) is 0 Å². The Bertz CT molecular complexity index is 672. The van der Waals surface area contributed by atoms with Crippen LogP contribution in [-0.4, -0.2) is 21.6 Å². The number of carbonyl (C=O) groups is 1. The number of para-hydroxylation sites is 1. The van der Waals surface area contributed by atoms with Gasteiger partial charge in [-0.1, -0.05) is 43.8 Å². The molecular weight excluding hydrogens is 310 g/mol. The Morgan fingerprint density at radius 2 is 1.91 bits per heavy atom. The molecule has 0 radical (unpaired) electrons. The van der Waals surface area contributed by atoms with Gasteiger partial charge in [-0.3, -0.25) is 4.79 Å². The van der Waals surface area contributed by atoms with Gasteiger partial charge in [-0.05, 0) is 24.0 Å². The first-order chi connectivity index (χ1) is 11.0. The summed E-state index contributed by atoms with van der Waals surface area (Å²) in [6.45, 7) is 4.27. The van der Waals surface area contributed by atoms with Crippen molar-refractivity contribution in [2.24, 2.45) is 0 Å². The highest BCUT2D eigenvalue weighted by molar-refractivity contribution is 7.99. The first-order valence-corrected chi connectivity index (χ1v) is 8.39. The first-order valence-electron chi connectivity index (χ1n) is 7.41. The summed E-state index contributed by atoms with van der Waals surface area (Å²) < 4.78 is 0. The molecular formula is C16H21N5OS. The third-order valence-corrected chi connectivity index (χ3v) is 4.30. The van der Waals surface area contributed by atoms with Crippen molar-refractivity contribution in [1.82, 2.24) is 9.97 Å². The monoisotopic (exact) mass is 331 g/mol. The number of anilines is 3. The van der Waals surface area contributed by atoms with Gasteiger partial charge in [-0.2, -0.15) is 0 Å². The molecule has 122 valence electrons. The fourth-order valence-corrected chi connectivity index (χ4v) is 2.78. The van der Waals surface area contributed by atoms with Crippen LogP contribution < -0.4 is 16.8 Å². The third-order valence-electron chi connectivity index (χ3n) is 3.46. The maximum Gasteiger partial charge on any atom is 0.234 e. The number of hydrogen-bond donors (Lipinski definition) is 3. The van der Waals surface area contributed by atoms with E-state index in [4.69, 9.17) is 11.5 Å². The van der Waals surface area contributed by atoms with Gasteiger partial charge in [0.05, 0.1) is 5.75 Å². The molecule has 1 amide bonds. The summed E-state index contributed by atoms with van der Waals surface area (Å²) in [5.74, 6) is 1.05. The molecule has 5 N–H and O–H groups in total. The highest BCUT2D eigenvalue weighted by Gasteiger charge is 2.12. The number of benzene rings is 1. The average Bonchev–Trinajstić information content (AvgIpc) is 2.52. The molecule has 0 fully saturated rings. The molecule has 2 rings (SSSR count). The highest BCUT2D eigenvalue weighted by atomic mass is 32.2. The van der Waals surface area contributed by atoms with E-state index in [-0.39, 0.29) is 11.7 Å². The van der Waals surface area contributed by atoms with Crippen LogP contribution in [0.3, 0.4) is 0 Å². The highest BCUT2D eigenvalue weighted by Crippen LogP contribution is 2.26. The van der Waals surface area contributed by atoms with Crippen molar-refractivity contribution in [3.8, 4) is 0 Å². The summed E-state index contributed by atoms with van der Waals surface area (Å²) >= 11 is 1.20. The van der Waals surface area contributed by atoms with Crippen molar-refractivity contribution in [1.29, 1.82) is 0 Å². The maximum atomic E-state index is 12.2. The first kappa shape index (κ1) is 17.1. The zero-order valence-electron chi connectivity index (χ0n) is 13.2. The molecule has 6 nitrogen and oxygen atoms in total. The number of aromatic nitrogens is 2. The van der Waals surface area contributed by atoms with Gasteiger partial charge in [-0.15, -0.1) is 0 Å². The van der Waals surface area contributed by atoms with Crippen LogP contribution in [0.4, 0.5) is 17.3 Å². The smallest absolute Gasteiger partial charge is 0.234 e. The van der Waals surface area contributed by atoms with Crippen LogP contribution in [0.2, 0.25) is 0 Å². The maximum absolute atomic E-state index is 12.2. The van der Waals surface area contributed by atoms with Gasteiger partial charge in [0.25, 0.3) is 0 Å². The standard InChI is InChI=1S/C16H21N5OS/c1-3-10(2)11-6-4-5-7-12(11)19-15(22)9-23-16-20-13(17)8-14(18)21-16/h4-8,10H,3,9H2,1-2H3,(H,19,22)(H4,17,18,20,21). The zero-order valence-corrected chi connectivity index (χ0v) is 14.1. The van der Waals surface area contributed by atoms with Crippen LogP contribution in [0.5, 0.6) is 0 Å². The van der Waals surface area contributed by atoms with Gasteiger partial charge >= 0.3 is 0 Å². The molecule has 0 saturated carbocycles. The minimum absolute atomic E-state index is 0.115. The summed E-state index contributed by atoms with van der Waals surface area (Å²) in [4.78, 5) is 20.3. The predicted octanol–water partition coefficient (Wildman–Crippen LogP) is 2.89. The second-order valence-electron chi connectivity index (χ2n) is 5.23. The molecule has 1 heterocycles. The molecule has 1 aromatic heterocycles. The van der Waals surface area contributed by atoms with E-state index in [1.54, 1.807) is 0 Å². The number of hydrogen-bond acceptors (Lipinski definition) is 6. The minimum atomic E-state index is -0.115. The van der Waals surface area contributed by atoms with Crippen molar-refractivity contribution in [2.45, 2.75) is 31.3 Å². The molecule has 2 aromatic rings. The van der Waals surface area contributed by atoms with E-state index >= 15 is 0 Å². The fraction of sp³-hybridized carbons (Fsp3) is 0.312. The Morgan fingerprint density at radius 1 is 1.26 bits per heavy atom. The van der Waals surface area contributed by atoms with E-state index in [0.717, 1.165) is 17.7 Å². The van der Waals surface area contributed by atoms with Crippen LogP contribution in [0.1, 0.15) is 31.7 Å². The van der Waals surface area contributed by atoms with Crippen LogP contribution >= 0.6 is 11.8 Å². The van der Waals surface area contributed by atoms with Crippen LogP contribution in [-0.2, 0) is 4.79 Å². The number of rotatable bonds is 6. The molecule has 23 heavy (non-hydrogen) atoms. The lowest BCUT2D eigenvalue weighted by Gasteiger charge is -2.15. The number of thioether (sulfide) groups is 1. The largest absolute Gasteiger partial charge is 0.383 e. The molecule has 0 saturated heterocycles. The Kier molecular flexibility index (Phi) is 5.81. The molecule has 1 atom stereocenters.